The van der Waals surface area contributed by atoms with Crippen molar-refractivity contribution in [2.24, 2.45) is 11.5 Å². The second-order valence-electron chi connectivity index (χ2n) is 6.87. The van der Waals surface area contributed by atoms with Gasteiger partial charge in [-0.05, 0) is 36.2 Å². The average molecular weight is 440 g/mol. The molecule has 2 aromatic carbocycles. The van der Waals surface area contributed by atoms with E-state index in [9.17, 15) is 18.8 Å². The fraction of sp³-hybridized carbons (Fsp3) is 0.182. The van der Waals surface area contributed by atoms with Crippen LogP contribution < -0.4 is 21.6 Å². The van der Waals surface area contributed by atoms with Gasteiger partial charge in [0.15, 0.2) is 0 Å². The Morgan fingerprint density at radius 1 is 1.16 bits per heavy atom. The van der Waals surface area contributed by atoms with Crippen LogP contribution in [-0.2, 0) is 17.6 Å². The zero-order valence-electron chi connectivity index (χ0n) is 17.2. The van der Waals surface area contributed by atoms with Crippen molar-refractivity contribution in [2.75, 3.05) is 13.7 Å². The highest BCUT2D eigenvalue weighted by molar-refractivity contribution is 5.93. The molecular weight excluding hydrogens is 419 g/mol. The van der Waals surface area contributed by atoms with E-state index in [0.717, 1.165) is 6.07 Å². The molecule has 0 aliphatic rings. The standard InChI is InChI=1S/C22H21FN4O5/c1-31-8-6-17-13(3-2-4-20(17)32-22(25)30)11-18-19(28)5-7-27(26-18)16-10-14(21(24)29)9-15(23)12-16/h2-5,7,9-10,12H,6,8,11H2,1H3,(H2,24,29)(H2,25,30). The Bertz CT molecular complexity index is 1230. The molecule has 9 nitrogen and oxygen atoms in total. The molecule has 2 amide bonds. The van der Waals surface area contributed by atoms with Crippen LogP contribution in [0.15, 0.2) is 53.5 Å². The Kier molecular flexibility index (Phi) is 6.96. The topological polar surface area (TPSA) is 140 Å². The summed E-state index contributed by atoms with van der Waals surface area (Å²) in [7, 11) is 1.54. The largest absolute Gasteiger partial charge is 0.410 e. The molecule has 0 bridgehead atoms. The lowest BCUT2D eigenvalue weighted by Gasteiger charge is -2.14. The number of nitrogens with zero attached hydrogens (tertiary/aromatic N) is 2. The molecule has 0 saturated carbocycles. The first-order valence-corrected chi connectivity index (χ1v) is 9.55. The highest BCUT2D eigenvalue weighted by atomic mass is 19.1. The van der Waals surface area contributed by atoms with Gasteiger partial charge in [-0.25, -0.2) is 13.9 Å². The third-order valence-electron chi connectivity index (χ3n) is 4.67. The molecule has 0 saturated heterocycles. The highest BCUT2D eigenvalue weighted by Crippen LogP contribution is 2.25. The maximum atomic E-state index is 13.9. The monoisotopic (exact) mass is 440 g/mol. The molecule has 3 rings (SSSR count). The van der Waals surface area contributed by atoms with E-state index in [1.165, 1.54) is 36.2 Å². The van der Waals surface area contributed by atoms with Gasteiger partial charge in [0.1, 0.15) is 17.3 Å². The second-order valence-corrected chi connectivity index (χ2v) is 6.87. The number of carbonyl (C=O) groups is 2. The smallest absolute Gasteiger partial charge is 0.409 e. The van der Waals surface area contributed by atoms with Gasteiger partial charge < -0.3 is 20.9 Å². The number of primary amides is 2. The molecule has 3 aromatic rings. The van der Waals surface area contributed by atoms with E-state index in [1.54, 1.807) is 18.2 Å². The lowest BCUT2D eigenvalue weighted by molar-refractivity contribution is 0.0999. The van der Waals surface area contributed by atoms with E-state index >= 15 is 0 Å². The van der Waals surface area contributed by atoms with E-state index < -0.39 is 17.8 Å². The normalized spacial score (nSPS) is 10.7. The molecule has 4 N–H and O–H groups in total. The van der Waals surface area contributed by atoms with E-state index in [4.69, 9.17) is 20.9 Å². The van der Waals surface area contributed by atoms with Crippen LogP contribution in [0.1, 0.15) is 27.2 Å². The molecule has 0 aliphatic heterocycles. The summed E-state index contributed by atoms with van der Waals surface area (Å²) >= 11 is 0. The Balaban J connectivity index is 2.03. The van der Waals surface area contributed by atoms with Crippen molar-refractivity contribution < 1.29 is 23.5 Å². The zero-order valence-corrected chi connectivity index (χ0v) is 17.2. The molecule has 32 heavy (non-hydrogen) atoms. The number of aromatic nitrogens is 2. The van der Waals surface area contributed by atoms with Gasteiger partial charge in [-0.1, -0.05) is 12.1 Å². The molecule has 10 heteroatoms. The number of nitrogens with two attached hydrogens (primary N) is 2. The third-order valence-corrected chi connectivity index (χ3v) is 4.67. The summed E-state index contributed by atoms with van der Waals surface area (Å²) in [6, 6.07) is 9.87. The first-order valence-electron chi connectivity index (χ1n) is 9.55. The fourth-order valence-electron chi connectivity index (χ4n) is 3.21. The minimum absolute atomic E-state index is 0.0276. The van der Waals surface area contributed by atoms with Crippen molar-refractivity contribution >= 4 is 12.0 Å². The molecule has 0 atom stereocenters. The van der Waals surface area contributed by atoms with E-state index in [2.05, 4.69) is 5.10 Å². The van der Waals surface area contributed by atoms with Gasteiger partial charge >= 0.3 is 6.09 Å². The summed E-state index contributed by atoms with van der Waals surface area (Å²) in [6.07, 6.45) is 0.913. The first-order chi connectivity index (χ1) is 15.3. The Hall–Kier alpha value is -4.05. The Morgan fingerprint density at radius 3 is 2.62 bits per heavy atom. The molecule has 1 heterocycles. The van der Waals surface area contributed by atoms with Crippen LogP contribution >= 0.6 is 0 Å². The number of carbonyl (C=O) groups excluding carboxylic acids is 2. The van der Waals surface area contributed by atoms with Crippen molar-refractivity contribution in [1.82, 2.24) is 9.78 Å². The van der Waals surface area contributed by atoms with Crippen LogP contribution in [0.2, 0.25) is 0 Å². The predicted octanol–water partition coefficient (Wildman–Crippen LogP) is 1.71. The molecule has 0 aliphatic carbocycles. The minimum Gasteiger partial charge on any atom is -0.410 e. The minimum atomic E-state index is -0.961. The molecule has 166 valence electrons. The SMILES string of the molecule is COCCc1c(Cc2nn(-c3cc(F)cc(C(N)=O)c3)ccc2=O)cccc1OC(N)=O. The van der Waals surface area contributed by atoms with Crippen LogP contribution in [0, 0.1) is 5.82 Å². The number of rotatable bonds is 8. The summed E-state index contributed by atoms with van der Waals surface area (Å²) in [6.45, 7) is 0.345. The quantitative estimate of drug-likeness (QED) is 0.547. The highest BCUT2D eigenvalue weighted by Gasteiger charge is 2.15. The fourth-order valence-corrected chi connectivity index (χ4v) is 3.21. The number of amides is 2. The number of ether oxygens (including phenoxy) is 2. The predicted molar refractivity (Wildman–Crippen MR) is 113 cm³/mol. The van der Waals surface area contributed by atoms with Crippen LogP contribution in [-0.4, -0.2) is 35.5 Å². The number of hydrogen-bond acceptors (Lipinski definition) is 6. The van der Waals surface area contributed by atoms with Crippen LogP contribution in [0.4, 0.5) is 9.18 Å². The van der Waals surface area contributed by atoms with Gasteiger partial charge in [0.05, 0.1) is 12.3 Å². The lowest BCUT2D eigenvalue weighted by atomic mass is 9.99. The van der Waals surface area contributed by atoms with E-state index in [0.29, 0.717) is 24.2 Å². The van der Waals surface area contributed by atoms with Gasteiger partial charge in [0, 0.05) is 36.9 Å². The first kappa shape index (κ1) is 22.6. The molecule has 0 spiro atoms. The average Bonchev–Trinajstić information content (AvgIpc) is 2.74. The van der Waals surface area contributed by atoms with E-state index in [-0.39, 0.29) is 34.5 Å². The number of halogens is 1. The number of methoxy groups -OCH3 is 1. The summed E-state index contributed by atoms with van der Waals surface area (Å²) in [5.41, 5.74) is 11.8. The summed E-state index contributed by atoms with van der Waals surface area (Å²) in [4.78, 5) is 35.2. The Labute approximate surface area is 182 Å². The van der Waals surface area contributed by atoms with Crippen molar-refractivity contribution in [2.45, 2.75) is 12.8 Å². The second kappa shape index (κ2) is 9.84. The maximum absolute atomic E-state index is 13.9. The summed E-state index contributed by atoms with van der Waals surface area (Å²) in [5, 5.41) is 4.31. The van der Waals surface area contributed by atoms with Crippen molar-refractivity contribution in [1.29, 1.82) is 0 Å². The van der Waals surface area contributed by atoms with Gasteiger partial charge in [-0.15, -0.1) is 0 Å². The van der Waals surface area contributed by atoms with Gasteiger partial charge in [-0.2, -0.15) is 5.10 Å². The maximum Gasteiger partial charge on any atom is 0.409 e. The third kappa shape index (κ3) is 5.35. The van der Waals surface area contributed by atoms with Gasteiger partial charge in [0.25, 0.3) is 0 Å². The summed E-state index contributed by atoms with van der Waals surface area (Å²) in [5.74, 6) is -1.20. The Morgan fingerprint density at radius 2 is 1.94 bits per heavy atom. The van der Waals surface area contributed by atoms with E-state index in [1.807, 2.05) is 0 Å². The van der Waals surface area contributed by atoms with Crippen LogP contribution in [0.5, 0.6) is 5.75 Å². The zero-order chi connectivity index (χ0) is 23.3. The number of benzene rings is 2. The van der Waals surface area contributed by atoms with Crippen molar-refractivity contribution in [3.8, 4) is 11.4 Å². The molecule has 1 aromatic heterocycles. The summed E-state index contributed by atoms with van der Waals surface area (Å²) < 4.78 is 25.4. The van der Waals surface area contributed by atoms with Gasteiger partial charge in [-0.3, -0.25) is 9.59 Å². The molecule has 0 unspecified atom stereocenters. The van der Waals surface area contributed by atoms with Crippen LogP contribution in [0.25, 0.3) is 5.69 Å². The van der Waals surface area contributed by atoms with Gasteiger partial charge in [0.2, 0.25) is 11.3 Å². The van der Waals surface area contributed by atoms with Crippen molar-refractivity contribution in [3.05, 3.63) is 87.1 Å². The van der Waals surface area contributed by atoms with Crippen LogP contribution in [0.3, 0.4) is 0 Å². The molecule has 0 radical (unpaired) electrons. The molecular formula is C22H21FN4O5. The molecule has 0 fully saturated rings. The lowest BCUT2D eigenvalue weighted by Crippen LogP contribution is -2.19. The number of hydrogen-bond donors (Lipinski definition) is 2. The van der Waals surface area contributed by atoms with Crippen molar-refractivity contribution in [3.63, 3.8) is 0 Å².